The molecule has 1 heterocycles. The molecular weight excluding hydrogens is 212 g/mol. The molecule has 0 saturated carbocycles. The van der Waals surface area contributed by atoms with Crippen molar-refractivity contribution in [3.8, 4) is 5.06 Å². The second-order valence-corrected chi connectivity index (χ2v) is 3.87. The summed E-state index contributed by atoms with van der Waals surface area (Å²) in [5.74, 6) is -0.385. The van der Waals surface area contributed by atoms with Gasteiger partial charge in [0.05, 0.1) is 0 Å². The number of azo groups is 1. The predicted octanol–water partition coefficient (Wildman–Crippen LogP) is 2.58. The van der Waals surface area contributed by atoms with E-state index in [0.29, 0.717) is 5.69 Å². The number of rotatable bonds is 1. The normalized spacial score (nSPS) is 11.2. The average molecular weight is 220 g/mol. The number of hydrogen-bond donors (Lipinski definition) is 3. The van der Waals surface area contributed by atoms with Gasteiger partial charge >= 0.3 is 0 Å². The van der Waals surface area contributed by atoms with Crippen LogP contribution in [0, 0.1) is 5.41 Å². The van der Waals surface area contributed by atoms with Crippen molar-refractivity contribution < 1.29 is 5.11 Å². The molecular formula is C9H8N4OS. The number of nitrogens with zero attached hydrogens (tertiary/aromatic N) is 2. The lowest BCUT2D eigenvalue weighted by molar-refractivity contribution is 0.492. The highest BCUT2D eigenvalue weighted by Crippen LogP contribution is 2.43. The van der Waals surface area contributed by atoms with Gasteiger partial charge in [0, 0.05) is 10.1 Å². The van der Waals surface area contributed by atoms with Crippen molar-refractivity contribution >= 4 is 33.1 Å². The first-order valence-electron chi connectivity index (χ1n) is 4.15. The summed E-state index contributed by atoms with van der Waals surface area (Å²) in [4.78, 5) is 0. The van der Waals surface area contributed by atoms with Crippen LogP contribution >= 0.6 is 11.3 Å². The predicted molar refractivity (Wildman–Crippen MR) is 59.9 cm³/mol. The van der Waals surface area contributed by atoms with E-state index < -0.39 is 0 Å². The molecule has 76 valence electrons. The van der Waals surface area contributed by atoms with E-state index in [9.17, 15) is 5.11 Å². The third-order valence-corrected chi connectivity index (χ3v) is 2.77. The molecule has 0 spiro atoms. The molecule has 15 heavy (non-hydrogen) atoms. The fourth-order valence-electron chi connectivity index (χ4n) is 1.22. The molecule has 1 aromatic carbocycles. The van der Waals surface area contributed by atoms with Crippen molar-refractivity contribution in [2.75, 3.05) is 0 Å². The molecule has 6 heteroatoms. The van der Waals surface area contributed by atoms with Gasteiger partial charge in [-0.1, -0.05) is 29.5 Å². The van der Waals surface area contributed by atoms with Gasteiger partial charge in [-0.15, -0.1) is 10.2 Å². The highest BCUT2D eigenvalue weighted by Gasteiger charge is 2.09. The molecule has 0 amide bonds. The van der Waals surface area contributed by atoms with Gasteiger partial charge in [0.1, 0.15) is 5.69 Å². The van der Waals surface area contributed by atoms with Crippen LogP contribution in [0.1, 0.15) is 0 Å². The van der Waals surface area contributed by atoms with Crippen LogP contribution in [-0.2, 0) is 0 Å². The average Bonchev–Trinajstić information content (AvgIpc) is 2.50. The van der Waals surface area contributed by atoms with E-state index in [4.69, 9.17) is 11.1 Å². The molecule has 4 N–H and O–H groups in total. The second kappa shape index (κ2) is 3.66. The van der Waals surface area contributed by atoms with Crippen LogP contribution in [0.2, 0.25) is 0 Å². The third kappa shape index (κ3) is 1.79. The monoisotopic (exact) mass is 220 g/mol. The minimum absolute atomic E-state index is 0.0844. The number of fused-ring (bicyclic) bond motifs is 1. The number of hydrogen-bond acceptors (Lipinski definition) is 4. The first kappa shape index (κ1) is 9.60. The Morgan fingerprint density at radius 2 is 2.13 bits per heavy atom. The fraction of sp³-hybridized carbons (Fsp3) is 0. The standard InChI is InChI=1S/C9H8N4OS/c10-9(11)13-12-7-5-3-1-2-4-6(5)15-8(7)14/h1-4,14H,(H3,10,11). The third-order valence-electron chi connectivity index (χ3n) is 1.81. The molecule has 2 aromatic rings. The largest absolute Gasteiger partial charge is 0.498 e. The molecule has 0 bridgehead atoms. The van der Waals surface area contributed by atoms with Crippen molar-refractivity contribution in [3.63, 3.8) is 0 Å². The maximum absolute atomic E-state index is 9.60. The summed E-state index contributed by atoms with van der Waals surface area (Å²) in [6.07, 6.45) is 0. The van der Waals surface area contributed by atoms with Crippen molar-refractivity contribution in [3.05, 3.63) is 24.3 Å². The summed E-state index contributed by atoms with van der Waals surface area (Å²) in [6.45, 7) is 0. The molecule has 0 fully saturated rings. The van der Waals surface area contributed by atoms with E-state index >= 15 is 0 Å². The van der Waals surface area contributed by atoms with E-state index in [2.05, 4.69) is 10.2 Å². The molecule has 2 rings (SSSR count). The maximum atomic E-state index is 9.60. The van der Waals surface area contributed by atoms with Gasteiger partial charge in [0.15, 0.2) is 0 Å². The van der Waals surface area contributed by atoms with Gasteiger partial charge in [0.25, 0.3) is 0 Å². The summed E-state index contributed by atoms with van der Waals surface area (Å²) < 4.78 is 0.924. The minimum Gasteiger partial charge on any atom is -0.498 e. The Morgan fingerprint density at radius 1 is 1.40 bits per heavy atom. The highest BCUT2D eigenvalue weighted by atomic mass is 32.1. The van der Waals surface area contributed by atoms with Crippen molar-refractivity contribution in [1.82, 2.24) is 0 Å². The van der Waals surface area contributed by atoms with Gasteiger partial charge in [-0.3, -0.25) is 5.41 Å². The fourth-order valence-corrected chi connectivity index (χ4v) is 2.10. The molecule has 0 radical (unpaired) electrons. The zero-order valence-electron chi connectivity index (χ0n) is 7.64. The van der Waals surface area contributed by atoms with Crippen LogP contribution in [-0.4, -0.2) is 11.1 Å². The van der Waals surface area contributed by atoms with E-state index in [1.807, 2.05) is 24.3 Å². The van der Waals surface area contributed by atoms with E-state index in [-0.39, 0.29) is 11.0 Å². The van der Waals surface area contributed by atoms with Crippen molar-refractivity contribution in [2.24, 2.45) is 16.0 Å². The SMILES string of the molecule is N=C(N)N=Nc1c(O)sc2ccccc12. The summed E-state index contributed by atoms with van der Waals surface area (Å²) in [6, 6.07) is 7.44. The first-order chi connectivity index (χ1) is 7.18. The molecule has 0 atom stereocenters. The quantitative estimate of drug-likeness (QED) is 0.391. The van der Waals surface area contributed by atoms with Gasteiger partial charge in [0.2, 0.25) is 11.0 Å². The maximum Gasteiger partial charge on any atom is 0.232 e. The summed E-state index contributed by atoms with van der Waals surface area (Å²) >= 11 is 1.22. The van der Waals surface area contributed by atoms with E-state index in [0.717, 1.165) is 10.1 Å². The smallest absolute Gasteiger partial charge is 0.232 e. The number of thiophene rings is 1. The molecule has 0 unspecified atom stereocenters. The Bertz CT molecular complexity index is 546. The molecule has 0 aliphatic carbocycles. The Balaban J connectivity index is 2.59. The van der Waals surface area contributed by atoms with E-state index in [1.54, 1.807) is 0 Å². The number of nitrogens with one attached hydrogen (secondary N) is 1. The number of nitrogens with two attached hydrogens (primary N) is 1. The van der Waals surface area contributed by atoms with Crippen LogP contribution in [0.3, 0.4) is 0 Å². The van der Waals surface area contributed by atoms with Crippen LogP contribution in [0.4, 0.5) is 5.69 Å². The molecule has 0 aliphatic rings. The summed E-state index contributed by atoms with van der Waals surface area (Å²) in [5, 5.41) is 24.5. The molecule has 0 saturated heterocycles. The number of aromatic hydroxyl groups is 1. The minimum atomic E-state index is -0.385. The second-order valence-electron chi connectivity index (χ2n) is 2.84. The highest BCUT2D eigenvalue weighted by molar-refractivity contribution is 7.21. The van der Waals surface area contributed by atoms with Gasteiger partial charge < -0.3 is 10.8 Å². The van der Waals surface area contributed by atoms with Crippen LogP contribution in [0.5, 0.6) is 5.06 Å². The van der Waals surface area contributed by atoms with Gasteiger partial charge in [-0.25, -0.2) is 0 Å². The lowest BCUT2D eigenvalue weighted by Crippen LogP contribution is -2.03. The van der Waals surface area contributed by atoms with Gasteiger partial charge in [-0.05, 0) is 6.07 Å². The Morgan fingerprint density at radius 3 is 2.87 bits per heavy atom. The lowest BCUT2D eigenvalue weighted by atomic mass is 10.2. The first-order valence-corrected chi connectivity index (χ1v) is 4.96. The van der Waals surface area contributed by atoms with Crippen LogP contribution in [0.15, 0.2) is 34.5 Å². The number of benzene rings is 1. The summed E-state index contributed by atoms with van der Waals surface area (Å²) in [7, 11) is 0. The van der Waals surface area contributed by atoms with E-state index in [1.165, 1.54) is 11.3 Å². The van der Waals surface area contributed by atoms with Crippen LogP contribution in [0.25, 0.3) is 10.1 Å². The zero-order valence-corrected chi connectivity index (χ0v) is 8.45. The van der Waals surface area contributed by atoms with Crippen molar-refractivity contribution in [2.45, 2.75) is 0 Å². The number of guanidine groups is 1. The topological polar surface area (TPSA) is 94.8 Å². The molecule has 5 nitrogen and oxygen atoms in total. The molecule has 1 aromatic heterocycles. The van der Waals surface area contributed by atoms with Gasteiger partial charge in [-0.2, -0.15) is 0 Å². The Hall–Kier alpha value is -1.95. The Labute approximate surface area is 89.4 Å². The van der Waals surface area contributed by atoms with Crippen LogP contribution < -0.4 is 5.73 Å². The Kier molecular flexibility index (Phi) is 2.34. The summed E-state index contributed by atoms with van der Waals surface area (Å²) in [5.41, 5.74) is 5.41. The zero-order chi connectivity index (χ0) is 10.8. The lowest BCUT2D eigenvalue weighted by Gasteiger charge is -1.90. The molecule has 0 aliphatic heterocycles. The van der Waals surface area contributed by atoms with Crippen molar-refractivity contribution in [1.29, 1.82) is 5.41 Å².